The van der Waals surface area contributed by atoms with E-state index in [1.807, 2.05) is 12.1 Å². The van der Waals surface area contributed by atoms with E-state index in [-0.39, 0.29) is 5.56 Å². The van der Waals surface area contributed by atoms with Gasteiger partial charge in [0.25, 0.3) is 0 Å². The first kappa shape index (κ1) is 15.4. The molecule has 1 aromatic heterocycles. The molecule has 0 radical (unpaired) electrons. The zero-order valence-corrected chi connectivity index (χ0v) is 13.6. The first-order chi connectivity index (χ1) is 11.0. The summed E-state index contributed by atoms with van der Waals surface area (Å²) < 4.78 is 5.50. The van der Waals surface area contributed by atoms with Crippen LogP contribution in [0.5, 0.6) is 5.75 Å². The van der Waals surface area contributed by atoms with E-state index >= 15 is 0 Å². The van der Waals surface area contributed by atoms with Crippen LogP contribution in [0.4, 0.5) is 0 Å². The van der Waals surface area contributed by atoms with Crippen LogP contribution in [0.3, 0.4) is 0 Å². The number of ether oxygens (including phenoxy) is 1. The molecule has 0 aliphatic carbocycles. The molecule has 0 atom stereocenters. The Kier molecular flexibility index (Phi) is 4.00. The lowest BCUT2D eigenvalue weighted by molar-refractivity contribution is 0.0697. The molecule has 0 unspecified atom stereocenters. The molecule has 1 heterocycles. The number of aromatic carboxylic acids is 1. The average molecular weight is 328 g/mol. The van der Waals surface area contributed by atoms with E-state index in [1.54, 1.807) is 25.3 Å². The van der Waals surface area contributed by atoms with Crippen LogP contribution in [0, 0.1) is 0 Å². The van der Waals surface area contributed by atoms with Gasteiger partial charge in [0, 0.05) is 0 Å². The Morgan fingerprint density at radius 3 is 2.78 bits per heavy atom. The van der Waals surface area contributed by atoms with Crippen LogP contribution in [-0.2, 0) is 6.42 Å². The summed E-state index contributed by atoms with van der Waals surface area (Å²) in [7, 11) is 1.60. The zero-order valence-electron chi connectivity index (χ0n) is 12.8. The summed E-state index contributed by atoms with van der Waals surface area (Å²) in [4.78, 5) is 19.6. The second-order valence-electron chi connectivity index (χ2n) is 5.13. The van der Waals surface area contributed by atoms with E-state index in [9.17, 15) is 4.79 Å². The van der Waals surface area contributed by atoms with Crippen LogP contribution < -0.4 is 4.74 Å². The van der Waals surface area contributed by atoms with E-state index in [0.29, 0.717) is 17.1 Å². The van der Waals surface area contributed by atoms with Gasteiger partial charge in [0.1, 0.15) is 11.6 Å². The Hall–Kier alpha value is -2.47. The number of rotatable bonds is 4. The molecule has 6 heteroatoms. The molecule has 0 saturated carbocycles. The third kappa shape index (κ3) is 2.66. The molecular formula is C17H16N2O3S. The van der Waals surface area contributed by atoms with Crippen LogP contribution in [0.2, 0.25) is 0 Å². The summed E-state index contributed by atoms with van der Waals surface area (Å²) in [6.45, 7) is 2.06. The van der Waals surface area contributed by atoms with Crippen molar-refractivity contribution in [1.29, 1.82) is 0 Å². The number of hydrogen-bond donors (Lipinski definition) is 3. The van der Waals surface area contributed by atoms with Gasteiger partial charge >= 0.3 is 5.97 Å². The molecule has 0 bridgehead atoms. The molecule has 3 rings (SSSR count). The number of H-pyrrole nitrogens is 1. The fourth-order valence-electron chi connectivity index (χ4n) is 2.56. The standard InChI is InChI=1S/C17H16N2O3S/c1-3-9-4-6-11(14(22-2)15(9)23)16-18-12-7-5-10(17(20)21)8-13(12)19-16/h4-8,23H,3H2,1-2H3,(H,18,19)(H,20,21). The van der Waals surface area contributed by atoms with Gasteiger partial charge in [-0.25, -0.2) is 9.78 Å². The minimum Gasteiger partial charge on any atom is -0.495 e. The van der Waals surface area contributed by atoms with Crippen LogP contribution >= 0.6 is 12.6 Å². The van der Waals surface area contributed by atoms with E-state index in [4.69, 9.17) is 9.84 Å². The van der Waals surface area contributed by atoms with Crippen molar-refractivity contribution in [2.45, 2.75) is 18.2 Å². The first-order valence-corrected chi connectivity index (χ1v) is 7.62. The van der Waals surface area contributed by atoms with Gasteiger partial charge in [0.15, 0.2) is 0 Å². The third-order valence-electron chi connectivity index (χ3n) is 3.79. The predicted octanol–water partition coefficient (Wildman–Crippen LogP) is 3.79. The smallest absolute Gasteiger partial charge is 0.335 e. The Bertz CT molecular complexity index is 902. The van der Waals surface area contributed by atoms with Gasteiger partial charge in [-0.3, -0.25) is 0 Å². The molecule has 0 fully saturated rings. The highest BCUT2D eigenvalue weighted by Crippen LogP contribution is 2.37. The molecule has 2 aromatic carbocycles. The van der Waals surface area contributed by atoms with Crippen molar-refractivity contribution >= 4 is 29.6 Å². The first-order valence-electron chi connectivity index (χ1n) is 7.17. The van der Waals surface area contributed by atoms with E-state index in [1.165, 1.54) is 0 Å². The number of aromatic amines is 1. The number of imidazole rings is 1. The Labute approximate surface area is 138 Å². The molecule has 118 valence electrons. The van der Waals surface area contributed by atoms with Crippen molar-refractivity contribution in [3.8, 4) is 17.1 Å². The van der Waals surface area contributed by atoms with E-state index in [0.717, 1.165) is 28.0 Å². The molecular weight excluding hydrogens is 312 g/mol. The summed E-state index contributed by atoms with van der Waals surface area (Å²) in [6.07, 6.45) is 0.859. The second kappa shape index (κ2) is 5.96. The van der Waals surface area contributed by atoms with Crippen LogP contribution in [0.25, 0.3) is 22.4 Å². The molecule has 3 aromatic rings. The number of carboxylic acid groups (broad SMARTS) is 1. The lowest BCUT2D eigenvalue weighted by Gasteiger charge is -2.12. The maximum atomic E-state index is 11.1. The number of carbonyl (C=O) groups is 1. The summed E-state index contributed by atoms with van der Waals surface area (Å²) >= 11 is 4.55. The highest BCUT2D eigenvalue weighted by atomic mass is 32.1. The lowest BCUT2D eigenvalue weighted by atomic mass is 10.1. The number of benzene rings is 2. The van der Waals surface area contributed by atoms with Crippen molar-refractivity contribution in [2.75, 3.05) is 7.11 Å². The molecule has 0 aliphatic rings. The largest absolute Gasteiger partial charge is 0.495 e. The van der Waals surface area contributed by atoms with Crippen molar-refractivity contribution < 1.29 is 14.6 Å². The van der Waals surface area contributed by atoms with Gasteiger partial charge in [-0.15, -0.1) is 12.6 Å². The molecule has 0 spiro atoms. The van der Waals surface area contributed by atoms with Gasteiger partial charge in [-0.05, 0) is 36.2 Å². The molecule has 2 N–H and O–H groups in total. The van der Waals surface area contributed by atoms with Gasteiger partial charge in [-0.1, -0.05) is 13.0 Å². The molecule has 0 amide bonds. The monoisotopic (exact) mass is 328 g/mol. The average Bonchev–Trinajstić information content (AvgIpc) is 2.97. The molecule has 5 nitrogen and oxygen atoms in total. The fourth-order valence-corrected chi connectivity index (χ4v) is 3.00. The highest BCUT2D eigenvalue weighted by Gasteiger charge is 2.16. The third-order valence-corrected chi connectivity index (χ3v) is 4.28. The van der Waals surface area contributed by atoms with Crippen molar-refractivity contribution in [1.82, 2.24) is 9.97 Å². The van der Waals surface area contributed by atoms with Gasteiger partial charge in [-0.2, -0.15) is 0 Å². The van der Waals surface area contributed by atoms with E-state index < -0.39 is 5.97 Å². The number of carboxylic acids is 1. The Balaban J connectivity index is 2.17. The number of nitrogens with zero attached hydrogens (tertiary/aromatic N) is 1. The maximum absolute atomic E-state index is 11.1. The number of nitrogens with one attached hydrogen (secondary N) is 1. The predicted molar refractivity (Wildman–Crippen MR) is 91.7 cm³/mol. The van der Waals surface area contributed by atoms with Crippen molar-refractivity contribution in [2.24, 2.45) is 0 Å². The second-order valence-corrected chi connectivity index (χ2v) is 5.58. The number of thiol groups is 1. The quantitative estimate of drug-likeness (QED) is 0.637. The highest BCUT2D eigenvalue weighted by molar-refractivity contribution is 7.80. The number of aryl methyl sites for hydroxylation is 1. The zero-order chi connectivity index (χ0) is 16.6. The lowest BCUT2D eigenvalue weighted by Crippen LogP contribution is -1.95. The SMILES string of the molecule is CCc1ccc(-c2nc3cc(C(=O)O)ccc3[nH]2)c(OC)c1S. The van der Waals surface area contributed by atoms with Gasteiger partial charge < -0.3 is 14.8 Å². The number of methoxy groups -OCH3 is 1. The Morgan fingerprint density at radius 2 is 2.13 bits per heavy atom. The Morgan fingerprint density at radius 1 is 1.35 bits per heavy atom. The van der Waals surface area contributed by atoms with Gasteiger partial charge in [0.05, 0.1) is 34.2 Å². The minimum absolute atomic E-state index is 0.207. The van der Waals surface area contributed by atoms with Crippen LogP contribution in [0.1, 0.15) is 22.8 Å². The minimum atomic E-state index is -0.973. The summed E-state index contributed by atoms with van der Waals surface area (Å²) in [5, 5.41) is 9.08. The van der Waals surface area contributed by atoms with Crippen molar-refractivity contribution in [3.63, 3.8) is 0 Å². The van der Waals surface area contributed by atoms with Crippen LogP contribution in [0.15, 0.2) is 35.2 Å². The summed E-state index contributed by atoms with van der Waals surface area (Å²) in [5.74, 6) is 0.307. The van der Waals surface area contributed by atoms with E-state index in [2.05, 4.69) is 29.5 Å². The molecule has 23 heavy (non-hydrogen) atoms. The summed E-state index contributed by atoms with van der Waals surface area (Å²) in [6, 6.07) is 8.74. The van der Waals surface area contributed by atoms with Gasteiger partial charge in [0.2, 0.25) is 0 Å². The fraction of sp³-hybridized carbons (Fsp3) is 0.176. The summed E-state index contributed by atoms with van der Waals surface area (Å²) in [5.41, 5.74) is 3.47. The number of aromatic nitrogens is 2. The molecule has 0 aliphatic heterocycles. The topological polar surface area (TPSA) is 75.2 Å². The van der Waals surface area contributed by atoms with Crippen LogP contribution in [-0.4, -0.2) is 28.2 Å². The van der Waals surface area contributed by atoms with Crippen molar-refractivity contribution in [3.05, 3.63) is 41.5 Å². The normalized spacial score (nSPS) is 10.9. The number of hydrogen-bond acceptors (Lipinski definition) is 4. The number of fused-ring (bicyclic) bond motifs is 1. The maximum Gasteiger partial charge on any atom is 0.335 e. The molecule has 0 saturated heterocycles.